The Balaban J connectivity index is 2.85. The first-order chi connectivity index (χ1) is 4.84. The molecule has 0 saturated heterocycles. The number of hydrogen-bond donors (Lipinski definition) is 2. The SMILES string of the molecule is O=C(NS)c1cnccn1. The highest BCUT2D eigenvalue weighted by molar-refractivity contribution is 7.78. The summed E-state index contributed by atoms with van der Waals surface area (Å²) >= 11 is 3.56. The van der Waals surface area contributed by atoms with Crippen LogP contribution in [-0.4, -0.2) is 15.9 Å². The van der Waals surface area contributed by atoms with E-state index in [9.17, 15) is 4.79 Å². The van der Waals surface area contributed by atoms with Crippen molar-refractivity contribution < 1.29 is 4.79 Å². The van der Waals surface area contributed by atoms with Gasteiger partial charge in [0.05, 0.1) is 6.20 Å². The van der Waals surface area contributed by atoms with Crippen molar-refractivity contribution in [3.8, 4) is 0 Å². The summed E-state index contributed by atoms with van der Waals surface area (Å²) in [5.74, 6) is -0.351. The van der Waals surface area contributed by atoms with E-state index in [-0.39, 0.29) is 11.6 Å². The van der Waals surface area contributed by atoms with Gasteiger partial charge in [0, 0.05) is 12.4 Å². The zero-order valence-electron chi connectivity index (χ0n) is 4.98. The summed E-state index contributed by atoms with van der Waals surface area (Å²) in [5.41, 5.74) is 0.262. The molecule has 1 heterocycles. The van der Waals surface area contributed by atoms with Crippen LogP contribution in [0.2, 0.25) is 0 Å². The molecule has 1 aromatic rings. The molecule has 0 aliphatic rings. The number of nitrogens with one attached hydrogen (secondary N) is 1. The smallest absolute Gasteiger partial charge is 0.281 e. The standard InChI is InChI=1S/C5H5N3OS/c9-5(8-10)4-3-6-1-2-7-4/h1-3,10H,(H,8,9). The number of aromatic nitrogens is 2. The highest BCUT2D eigenvalue weighted by Gasteiger charge is 2.01. The fourth-order valence-corrected chi connectivity index (χ4v) is 0.588. The summed E-state index contributed by atoms with van der Waals surface area (Å²) in [6.45, 7) is 0. The number of carbonyl (C=O) groups is 1. The molecule has 10 heavy (non-hydrogen) atoms. The lowest BCUT2D eigenvalue weighted by molar-refractivity contribution is 0.0980. The van der Waals surface area contributed by atoms with Crippen molar-refractivity contribution in [1.29, 1.82) is 0 Å². The monoisotopic (exact) mass is 155 g/mol. The number of thiol groups is 1. The molecule has 0 spiro atoms. The minimum absolute atomic E-state index is 0.262. The topological polar surface area (TPSA) is 54.9 Å². The molecule has 1 N–H and O–H groups in total. The average molecular weight is 155 g/mol. The van der Waals surface area contributed by atoms with E-state index in [4.69, 9.17) is 0 Å². The molecule has 5 heteroatoms. The van der Waals surface area contributed by atoms with Crippen molar-refractivity contribution in [2.24, 2.45) is 0 Å². The molecule has 0 aromatic carbocycles. The van der Waals surface area contributed by atoms with E-state index >= 15 is 0 Å². The second kappa shape index (κ2) is 3.17. The van der Waals surface area contributed by atoms with Crippen LogP contribution in [0.4, 0.5) is 0 Å². The fourth-order valence-electron chi connectivity index (χ4n) is 0.474. The van der Waals surface area contributed by atoms with Crippen molar-refractivity contribution in [2.45, 2.75) is 0 Å². The summed E-state index contributed by atoms with van der Waals surface area (Å²) in [6, 6.07) is 0. The van der Waals surface area contributed by atoms with Gasteiger partial charge < -0.3 is 0 Å². The number of hydrogen-bond acceptors (Lipinski definition) is 4. The predicted octanol–water partition coefficient (Wildman–Crippen LogP) is 0.0512. The average Bonchev–Trinajstić information content (AvgIpc) is 2.05. The Bertz CT molecular complexity index is 226. The highest BCUT2D eigenvalue weighted by atomic mass is 32.1. The van der Waals surface area contributed by atoms with Gasteiger partial charge in [-0.3, -0.25) is 14.5 Å². The molecule has 0 unspecified atom stereocenters. The lowest BCUT2D eigenvalue weighted by Gasteiger charge is -1.93. The first-order valence-electron chi connectivity index (χ1n) is 2.55. The van der Waals surface area contributed by atoms with Crippen molar-refractivity contribution in [2.75, 3.05) is 0 Å². The van der Waals surface area contributed by atoms with Gasteiger partial charge in [0.1, 0.15) is 5.69 Å². The molecule has 0 aliphatic carbocycles. The van der Waals surface area contributed by atoms with Crippen LogP contribution in [0.3, 0.4) is 0 Å². The number of carbonyl (C=O) groups excluding carboxylic acids is 1. The van der Waals surface area contributed by atoms with Gasteiger partial charge in [0.2, 0.25) is 0 Å². The molecule has 0 radical (unpaired) electrons. The third-order valence-corrected chi connectivity index (χ3v) is 1.10. The van der Waals surface area contributed by atoms with E-state index in [2.05, 4.69) is 27.5 Å². The molecule has 0 fully saturated rings. The van der Waals surface area contributed by atoms with Crippen LogP contribution in [0.15, 0.2) is 18.6 Å². The summed E-state index contributed by atoms with van der Waals surface area (Å²) < 4.78 is 2.13. The third-order valence-electron chi connectivity index (χ3n) is 0.897. The summed E-state index contributed by atoms with van der Waals surface area (Å²) in [7, 11) is 0. The van der Waals surface area contributed by atoms with Gasteiger partial charge in [-0.05, 0) is 0 Å². The molecule has 52 valence electrons. The Morgan fingerprint density at radius 2 is 2.40 bits per heavy atom. The van der Waals surface area contributed by atoms with Crippen LogP contribution < -0.4 is 4.72 Å². The number of nitrogens with zero attached hydrogens (tertiary/aromatic N) is 2. The van der Waals surface area contributed by atoms with E-state index in [1.807, 2.05) is 0 Å². The largest absolute Gasteiger partial charge is 0.297 e. The normalized spacial score (nSPS) is 8.90. The van der Waals surface area contributed by atoms with Gasteiger partial charge in [0.15, 0.2) is 0 Å². The molecule has 1 rings (SSSR count). The third kappa shape index (κ3) is 1.44. The molecule has 0 aliphatic heterocycles. The molecule has 0 bridgehead atoms. The number of amides is 1. The zero-order valence-corrected chi connectivity index (χ0v) is 5.88. The maximum Gasteiger partial charge on any atom is 0.281 e. The van der Waals surface area contributed by atoms with Gasteiger partial charge in [-0.2, -0.15) is 0 Å². The Labute approximate surface area is 63.2 Å². The highest BCUT2D eigenvalue weighted by Crippen LogP contribution is 1.88. The second-order valence-corrected chi connectivity index (χ2v) is 1.76. The van der Waals surface area contributed by atoms with E-state index in [1.54, 1.807) is 0 Å². The van der Waals surface area contributed by atoms with Gasteiger partial charge in [0.25, 0.3) is 5.91 Å². The van der Waals surface area contributed by atoms with E-state index < -0.39 is 0 Å². The molecule has 0 atom stereocenters. The van der Waals surface area contributed by atoms with Crippen molar-refractivity contribution in [3.05, 3.63) is 24.3 Å². The minimum Gasteiger partial charge on any atom is -0.297 e. The summed E-state index contributed by atoms with van der Waals surface area (Å²) in [6.07, 6.45) is 4.30. The van der Waals surface area contributed by atoms with Crippen LogP contribution in [-0.2, 0) is 0 Å². The van der Waals surface area contributed by atoms with Crippen LogP contribution in [0.25, 0.3) is 0 Å². The molecular weight excluding hydrogens is 150 g/mol. The molecular formula is C5H5N3OS. The number of rotatable bonds is 1. The Morgan fingerprint density at radius 1 is 1.60 bits per heavy atom. The van der Waals surface area contributed by atoms with Crippen LogP contribution in [0.5, 0.6) is 0 Å². The Hall–Kier alpha value is -1.10. The quantitative estimate of drug-likeness (QED) is 0.563. The summed E-state index contributed by atoms with van der Waals surface area (Å²) in [5, 5.41) is 0. The minimum atomic E-state index is -0.351. The molecule has 1 amide bonds. The van der Waals surface area contributed by atoms with Crippen LogP contribution >= 0.6 is 12.8 Å². The van der Waals surface area contributed by atoms with Crippen molar-refractivity contribution in [3.63, 3.8) is 0 Å². The van der Waals surface area contributed by atoms with E-state index in [0.29, 0.717) is 0 Å². The Morgan fingerprint density at radius 3 is 2.90 bits per heavy atom. The molecule has 1 aromatic heterocycles. The first-order valence-corrected chi connectivity index (χ1v) is 3.00. The van der Waals surface area contributed by atoms with Crippen molar-refractivity contribution in [1.82, 2.24) is 14.7 Å². The van der Waals surface area contributed by atoms with E-state index in [1.165, 1.54) is 18.6 Å². The second-order valence-electron chi connectivity index (χ2n) is 1.53. The van der Waals surface area contributed by atoms with Gasteiger partial charge in [-0.25, -0.2) is 4.98 Å². The molecule has 0 saturated carbocycles. The first kappa shape index (κ1) is 7.01. The maximum absolute atomic E-state index is 10.7. The van der Waals surface area contributed by atoms with Crippen LogP contribution in [0.1, 0.15) is 10.5 Å². The van der Waals surface area contributed by atoms with Crippen LogP contribution in [0, 0.1) is 0 Å². The van der Waals surface area contributed by atoms with E-state index in [0.717, 1.165) is 0 Å². The zero-order chi connectivity index (χ0) is 7.40. The van der Waals surface area contributed by atoms with Gasteiger partial charge in [-0.1, -0.05) is 12.8 Å². The predicted molar refractivity (Wildman–Crippen MR) is 38.5 cm³/mol. The lowest BCUT2D eigenvalue weighted by Crippen LogP contribution is -2.14. The summed E-state index contributed by atoms with van der Waals surface area (Å²) in [4.78, 5) is 18.1. The van der Waals surface area contributed by atoms with Gasteiger partial charge >= 0.3 is 0 Å². The lowest BCUT2D eigenvalue weighted by atomic mass is 10.4. The maximum atomic E-state index is 10.7. The van der Waals surface area contributed by atoms with Crippen molar-refractivity contribution >= 4 is 18.7 Å². The fraction of sp³-hybridized carbons (Fsp3) is 0. The molecule has 4 nitrogen and oxygen atoms in total. The van der Waals surface area contributed by atoms with Gasteiger partial charge in [-0.15, -0.1) is 0 Å². The Kier molecular flexibility index (Phi) is 2.22.